The highest BCUT2D eigenvalue weighted by Crippen LogP contribution is 2.42. The summed E-state index contributed by atoms with van der Waals surface area (Å²) in [5, 5.41) is 0. The van der Waals surface area contributed by atoms with Gasteiger partial charge in [0.2, 0.25) is 11.8 Å². The van der Waals surface area contributed by atoms with Crippen LogP contribution in [0.3, 0.4) is 0 Å². The zero-order valence-electron chi connectivity index (χ0n) is 22.6. The van der Waals surface area contributed by atoms with Gasteiger partial charge in [-0.25, -0.2) is 19.4 Å². The normalized spacial score (nSPS) is 19.6. The number of amides is 4. The van der Waals surface area contributed by atoms with E-state index in [1.807, 2.05) is 72.8 Å². The van der Waals surface area contributed by atoms with Gasteiger partial charge in [-0.2, -0.15) is 0 Å². The van der Waals surface area contributed by atoms with Crippen molar-refractivity contribution in [1.82, 2.24) is 9.80 Å². The van der Waals surface area contributed by atoms with Gasteiger partial charge in [-0.1, -0.05) is 121 Å². The quantitative estimate of drug-likeness (QED) is 0.276. The summed E-state index contributed by atoms with van der Waals surface area (Å²) in [6.07, 6.45) is -1.56. The number of carbonyl (C=O) groups excluding carboxylic acids is 4. The SMILES string of the molecule is O=C1OC[C@@H](c2ccccc2)N1C(=O)[C@@H](c1ccccc1)[C@@H](C(=O)N1C(=O)OC[C@H]1c1ccccc1)c1ccccc1. The molecule has 8 heteroatoms. The van der Waals surface area contributed by atoms with Gasteiger partial charge in [-0.15, -0.1) is 0 Å². The number of hydrogen-bond acceptors (Lipinski definition) is 6. The number of ether oxygens (including phenoxy) is 2. The second-order valence-electron chi connectivity index (χ2n) is 10.2. The fraction of sp³-hybridized carbons (Fsp3) is 0.176. The van der Waals surface area contributed by atoms with Crippen LogP contribution >= 0.6 is 0 Å². The highest BCUT2D eigenvalue weighted by Gasteiger charge is 2.50. The van der Waals surface area contributed by atoms with Crippen LogP contribution < -0.4 is 0 Å². The molecule has 2 aliphatic heterocycles. The zero-order valence-corrected chi connectivity index (χ0v) is 22.6. The second kappa shape index (κ2) is 11.7. The van der Waals surface area contributed by atoms with Gasteiger partial charge in [-0.3, -0.25) is 9.59 Å². The molecule has 2 fully saturated rings. The Morgan fingerprint density at radius 2 is 0.833 bits per heavy atom. The van der Waals surface area contributed by atoms with Crippen molar-refractivity contribution in [3.8, 4) is 0 Å². The van der Waals surface area contributed by atoms with Gasteiger partial charge in [0.05, 0.1) is 11.8 Å². The van der Waals surface area contributed by atoms with Crippen LogP contribution in [0.5, 0.6) is 0 Å². The summed E-state index contributed by atoms with van der Waals surface area (Å²) in [6.45, 7) is -0.0108. The lowest BCUT2D eigenvalue weighted by Gasteiger charge is -2.33. The van der Waals surface area contributed by atoms with E-state index >= 15 is 0 Å². The Balaban J connectivity index is 1.48. The lowest BCUT2D eigenvalue weighted by atomic mass is 9.79. The standard InChI is InChI=1S/C34H28N2O6/c37-31(35-27(21-41-33(35)39)23-13-5-1-6-14-23)29(25-17-9-3-10-18-25)30(26-19-11-4-12-20-26)32(38)36-28(22-42-34(36)40)24-15-7-2-8-16-24/h1-20,27-30H,21-22H2/t27-,28-,29-,30-/m0/s1. The summed E-state index contributed by atoms with van der Waals surface area (Å²) in [4.78, 5) is 57.7. The third-order valence-corrected chi connectivity index (χ3v) is 7.77. The van der Waals surface area contributed by atoms with Crippen molar-refractivity contribution in [3.05, 3.63) is 144 Å². The Morgan fingerprint density at radius 3 is 1.17 bits per heavy atom. The first-order valence-corrected chi connectivity index (χ1v) is 13.7. The Labute approximate surface area is 243 Å². The van der Waals surface area contributed by atoms with Crippen molar-refractivity contribution in [1.29, 1.82) is 0 Å². The van der Waals surface area contributed by atoms with Crippen LogP contribution in [-0.2, 0) is 19.1 Å². The first kappa shape index (κ1) is 27.0. The number of carbonyl (C=O) groups is 4. The zero-order chi connectivity index (χ0) is 29.1. The molecule has 4 aromatic rings. The molecular weight excluding hydrogens is 532 g/mol. The van der Waals surface area contributed by atoms with Gasteiger partial charge < -0.3 is 9.47 Å². The van der Waals surface area contributed by atoms with Crippen LogP contribution in [0.1, 0.15) is 46.2 Å². The smallest absolute Gasteiger partial charge is 0.417 e. The predicted molar refractivity (Wildman–Crippen MR) is 153 cm³/mol. The van der Waals surface area contributed by atoms with Gasteiger partial charge >= 0.3 is 12.2 Å². The minimum absolute atomic E-state index is 0.00538. The van der Waals surface area contributed by atoms with Crippen LogP contribution in [0, 0.1) is 0 Å². The van der Waals surface area contributed by atoms with Crippen LogP contribution in [0.25, 0.3) is 0 Å². The molecule has 0 spiro atoms. The van der Waals surface area contributed by atoms with E-state index in [4.69, 9.17) is 9.47 Å². The molecule has 0 N–H and O–H groups in total. The van der Waals surface area contributed by atoms with Gasteiger partial charge in [0.1, 0.15) is 25.3 Å². The van der Waals surface area contributed by atoms with Gasteiger partial charge in [0.25, 0.3) is 0 Å². The second-order valence-corrected chi connectivity index (χ2v) is 10.2. The van der Waals surface area contributed by atoms with E-state index in [1.54, 1.807) is 48.5 Å². The van der Waals surface area contributed by atoms with Gasteiger partial charge in [0.15, 0.2) is 0 Å². The maximum absolute atomic E-state index is 14.6. The first-order valence-electron chi connectivity index (χ1n) is 13.7. The van der Waals surface area contributed by atoms with Crippen LogP contribution in [0.2, 0.25) is 0 Å². The molecule has 2 saturated heterocycles. The number of benzene rings is 4. The van der Waals surface area contributed by atoms with Gasteiger partial charge in [-0.05, 0) is 22.3 Å². The third-order valence-electron chi connectivity index (χ3n) is 7.77. The monoisotopic (exact) mass is 560 g/mol. The van der Waals surface area contributed by atoms with E-state index in [0.29, 0.717) is 11.1 Å². The minimum atomic E-state index is -1.15. The Bertz CT molecular complexity index is 1460. The Kier molecular flexibility index (Phi) is 7.51. The van der Waals surface area contributed by atoms with Crippen molar-refractivity contribution >= 4 is 24.0 Å². The molecule has 0 radical (unpaired) electrons. The minimum Gasteiger partial charge on any atom is -0.446 e. The first-order chi connectivity index (χ1) is 20.5. The Hall–Kier alpha value is -5.24. The molecule has 6 rings (SSSR count). The Morgan fingerprint density at radius 1 is 0.524 bits per heavy atom. The van der Waals surface area contributed by atoms with E-state index in [0.717, 1.165) is 20.9 Å². The fourth-order valence-corrected chi connectivity index (χ4v) is 5.75. The number of nitrogens with zero attached hydrogens (tertiary/aromatic N) is 2. The highest BCUT2D eigenvalue weighted by molar-refractivity contribution is 6.04. The third kappa shape index (κ3) is 5.03. The predicted octanol–water partition coefficient (Wildman–Crippen LogP) is 5.99. The average Bonchev–Trinajstić information content (AvgIpc) is 3.63. The van der Waals surface area contributed by atoms with Crippen molar-refractivity contribution in [2.75, 3.05) is 13.2 Å². The van der Waals surface area contributed by atoms with E-state index < -0.39 is 47.9 Å². The lowest BCUT2D eigenvalue weighted by molar-refractivity contribution is -0.138. The van der Waals surface area contributed by atoms with Crippen LogP contribution in [0.4, 0.5) is 9.59 Å². The molecule has 210 valence electrons. The molecule has 4 atom stereocenters. The highest BCUT2D eigenvalue weighted by atomic mass is 16.6. The summed E-state index contributed by atoms with van der Waals surface area (Å²) in [6, 6.07) is 34.7. The van der Waals surface area contributed by atoms with Crippen molar-refractivity contribution in [2.24, 2.45) is 0 Å². The summed E-state index contributed by atoms with van der Waals surface area (Å²) in [7, 11) is 0. The maximum atomic E-state index is 14.6. The lowest BCUT2D eigenvalue weighted by Crippen LogP contribution is -2.45. The van der Waals surface area contributed by atoms with Crippen LogP contribution in [-0.4, -0.2) is 47.0 Å². The van der Waals surface area contributed by atoms with E-state index in [-0.39, 0.29) is 13.2 Å². The average molecular weight is 561 g/mol. The summed E-state index contributed by atoms with van der Waals surface area (Å²) >= 11 is 0. The van der Waals surface area contributed by atoms with E-state index in [1.165, 1.54) is 0 Å². The topological polar surface area (TPSA) is 93.2 Å². The van der Waals surface area contributed by atoms with Crippen LogP contribution in [0.15, 0.2) is 121 Å². The molecule has 0 bridgehead atoms. The van der Waals surface area contributed by atoms with Crippen molar-refractivity contribution < 1.29 is 28.7 Å². The molecular formula is C34H28N2O6. The summed E-state index contributed by atoms with van der Waals surface area (Å²) < 4.78 is 10.7. The molecule has 2 aliphatic rings. The molecule has 0 aromatic heterocycles. The molecule has 0 saturated carbocycles. The van der Waals surface area contributed by atoms with Crippen molar-refractivity contribution in [3.63, 3.8) is 0 Å². The number of hydrogen-bond donors (Lipinski definition) is 0. The fourth-order valence-electron chi connectivity index (χ4n) is 5.75. The summed E-state index contributed by atoms with van der Waals surface area (Å²) in [5.41, 5.74) is 2.52. The molecule has 2 heterocycles. The number of cyclic esters (lactones) is 2. The maximum Gasteiger partial charge on any atom is 0.417 e. The molecule has 4 aromatic carbocycles. The summed E-state index contributed by atoms with van der Waals surface area (Å²) in [5.74, 6) is -3.49. The largest absolute Gasteiger partial charge is 0.446 e. The molecule has 4 amide bonds. The molecule has 0 unspecified atom stereocenters. The van der Waals surface area contributed by atoms with E-state index in [9.17, 15) is 19.2 Å². The molecule has 0 aliphatic carbocycles. The number of rotatable bonds is 7. The van der Waals surface area contributed by atoms with Crippen molar-refractivity contribution in [2.45, 2.75) is 23.9 Å². The molecule has 42 heavy (non-hydrogen) atoms. The van der Waals surface area contributed by atoms with Gasteiger partial charge in [0, 0.05) is 0 Å². The van der Waals surface area contributed by atoms with E-state index in [2.05, 4.69) is 0 Å². The molecule has 8 nitrogen and oxygen atoms in total. The number of imide groups is 2.